The molecule has 0 heterocycles. The van der Waals surface area contributed by atoms with E-state index in [0.717, 1.165) is 0 Å². The first-order valence-electron chi connectivity index (χ1n) is 2.73. The third-order valence-electron chi connectivity index (χ3n) is 0.863. The normalized spacial score (nSPS) is 12.3. The first kappa shape index (κ1) is 15.8. The van der Waals surface area contributed by atoms with Gasteiger partial charge in [0.15, 0.2) is 0 Å². The summed E-state index contributed by atoms with van der Waals surface area (Å²) in [7, 11) is -4.25. The van der Waals surface area contributed by atoms with Crippen LogP contribution in [0.15, 0.2) is 0 Å². The summed E-state index contributed by atoms with van der Waals surface area (Å²) in [4.78, 5) is 0. The molecule has 0 amide bonds. The van der Waals surface area contributed by atoms with Crippen LogP contribution in [0.3, 0.4) is 0 Å². The topological polar surface area (TPSA) is 54.4 Å². The van der Waals surface area contributed by atoms with Crippen LogP contribution in [0.4, 0.5) is 13.2 Å². The Hall–Kier alpha value is 1.34. The summed E-state index contributed by atoms with van der Waals surface area (Å²) < 4.78 is 61.9. The molecule has 3 nitrogen and oxygen atoms in total. The molecule has 0 aliphatic rings. The average molecular weight is 232 g/mol. The summed E-state index contributed by atoms with van der Waals surface area (Å²) in [6.45, 7) is 0. The molecule has 0 aliphatic heterocycles. The minimum atomic E-state index is -4.36. The van der Waals surface area contributed by atoms with Gasteiger partial charge in [-0.2, -0.15) is 21.6 Å². The molecule has 0 radical (unpaired) electrons. The Balaban J connectivity index is 0. The van der Waals surface area contributed by atoms with E-state index < -0.39 is 34.9 Å². The van der Waals surface area contributed by atoms with Crippen molar-refractivity contribution < 1.29 is 26.1 Å². The van der Waals surface area contributed by atoms with Gasteiger partial charge in [0.05, 0.1) is 5.75 Å². The Morgan fingerprint density at radius 3 is 1.92 bits per heavy atom. The summed E-state index contributed by atoms with van der Waals surface area (Å²) in [5, 5.41) is 0. The van der Waals surface area contributed by atoms with Crippen LogP contribution in [0, 0.1) is 0 Å². The van der Waals surface area contributed by atoms with E-state index in [2.05, 4.69) is 0 Å². The molecule has 0 atom stereocenters. The van der Waals surface area contributed by atoms with Gasteiger partial charge in [-0.05, 0) is 6.42 Å². The van der Waals surface area contributed by atoms with Gasteiger partial charge in [-0.15, -0.1) is 0 Å². The number of alkyl halides is 3. The van der Waals surface area contributed by atoms with Crippen LogP contribution in [0.2, 0.25) is 0 Å². The van der Waals surface area contributed by atoms with E-state index >= 15 is 0 Å². The summed E-state index contributed by atoms with van der Waals surface area (Å²) in [5.74, 6) is -0.841. The maximum absolute atomic E-state index is 11.4. The van der Waals surface area contributed by atoms with Gasteiger partial charge in [-0.1, -0.05) is 0 Å². The van der Waals surface area contributed by atoms with Crippen molar-refractivity contribution in [3.8, 4) is 0 Å². The minimum absolute atomic E-state index is 0. The van der Waals surface area contributed by atoms with Crippen molar-refractivity contribution in [2.24, 2.45) is 0 Å². The Morgan fingerprint density at radius 2 is 1.67 bits per heavy atom. The van der Waals surface area contributed by atoms with E-state index in [4.69, 9.17) is 4.55 Å². The van der Waals surface area contributed by atoms with E-state index in [1.807, 2.05) is 0 Å². The fraction of sp³-hybridized carbons (Fsp3) is 1.00. The van der Waals surface area contributed by atoms with Crippen molar-refractivity contribution in [3.05, 3.63) is 0 Å². The van der Waals surface area contributed by atoms with Gasteiger partial charge >= 0.3 is 57.6 Å². The van der Waals surface area contributed by atoms with Crippen LogP contribution in [-0.4, -0.2) is 76.3 Å². The van der Waals surface area contributed by atoms with Gasteiger partial charge < -0.3 is 0 Å². The third-order valence-corrected chi connectivity index (χ3v) is 1.67. The molecular weight excluding hydrogens is 224 g/mol. The van der Waals surface area contributed by atoms with Crippen molar-refractivity contribution in [1.29, 1.82) is 0 Å². The fourth-order valence-electron chi connectivity index (χ4n) is 0.455. The predicted octanol–water partition coefficient (Wildman–Crippen LogP) is 0.568. The van der Waals surface area contributed by atoms with Gasteiger partial charge in [0, 0.05) is 6.42 Å². The molecule has 0 bridgehead atoms. The molecule has 12 heavy (non-hydrogen) atoms. The zero-order valence-electron chi connectivity index (χ0n) is 5.43. The molecule has 0 unspecified atom stereocenters. The molecule has 70 valence electrons. The Labute approximate surface area is 111 Å². The molecule has 0 aromatic carbocycles. The zero-order chi connectivity index (χ0) is 9.12. The standard InChI is InChI=1S/C4H7F3O3S.K.H/c5-4(6,7)2-1-3-11(8,9)10;;/h1-3H2,(H,8,9,10);;. The van der Waals surface area contributed by atoms with Gasteiger partial charge in [-0.3, -0.25) is 4.55 Å². The summed E-state index contributed by atoms with van der Waals surface area (Å²) in [5.41, 5.74) is 0. The second-order valence-corrected chi connectivity index (χ2v) is 3.58. The SMILES string of the molecule is O=S(=O)(O)CCCC(F)(F)F.[KH]. The van der Waals surface area contributed by atoms with Gasteiger partial charge in [0.2, 0.25) is 0 Å². The maximum atomic E-state index is 11.4. The Bertz CT molecular complexity index is 210. The quantitative estimate of drug-likeness (QED) is 0.571. The molecule has 0 saturated carbocycles. The van der Waals surface area contributed by atoms with Crippen molar-refractivity contribution in [2.75, 3.05) is 5.75 Å². The average Bonchev–Trinajstić information content (AvgIpc) is 1.55. The van der Waals surface area contributed by atoms with Crippen LogP contribution in [0.5, 0.6) is 0 Å². The molecule has 0 aromatic rings. The Morgan fingerprint density at radius 1 is 1.25 bits per heavy atom. The van der Waals surface area contributed by atoms with E-state index in [1.165, 1.54) is 0 Å². The van der Waals surface area contributed by atoms with Gasteiger partial charge in [0.25, 0.3) is 10.1 Å². The molecule has 0 fully saturated rings. The molecule has 0 spiro atoms. The van der Waals surface area contributed by atoms with Gasteiger partial charge in [0.1, 0.15) is 0 Å². The number of halogens is 3. The summed E-state index contributed by atoms with van der Waals surface area (Å²) in [6, 6.07) is 0. The van der Waals surface area contributed by atoms with Crippen molar-refractivity contribution in [2.45, 2.75) is 19.0 Å². The monoisotopic (exact) mass is 232 g/mol. The van der Waals surface area contributed by atoms with Crippen molar-refractivity contribution >= 4 is 61.5 Å². The zero-order valence-corrected chi connectivity index (χ0v) is 6.24. The Kier molecular flexibility index (Phi) is 7.82. The first-order valence-corrected chi connectivity index (χ1v) is 4.33. The number of rotatable bonds is 3. The molecular formula is C4H8F3KO3S. The van der Waals surface area contributed by atoms with E-state index in [9.17, 15) is 21.6 Å². The predicted molar refractivity (Wildman–Crippen MR) is 38.9 cm³/mol. The molecule has 0 aromatic heterocycles. The number of hydrogen-bond acceptors (Lipinski definition) is 2. The third kappa shape index (κ3) is 13.9. The first-order chi connectivity index (χ1) is 4.71. The second-order valence-electron chi connectivity index (χ2n) is 2.00. The van der Waals surface area contributed by atoms with Crippen LogP contribution in [-0.2, 0) is 10.1 Å². The summed E-state index contributed by atoms with van der Waals surface area (Å²) >= 11 is 0. The van der Waals surface area contributed by atoms with E-state index in [1.54, 1.807) is 0 Å². The van der Waals surface area contributed by atoms with Crippen molar-refractivity contribution in [3.63, 3.8) is 0 Å². The molecule has 8 heteroatoms. The van der Waals surface area contributed by atoms with Crippen LogP contribution >= 0.6 is 0 Å². The summed E-state index contributed by atoms with van der Waals surface area (Å²) in [6.07, 6.45) is -6.14. The van der Waals surface area contributed by atoms with Crippen LogP contribution in [0.25, 0.3) is 0 Å². The number of hydrogen-bond donors (Lipinski definition) is 1. The van der Waals surface area contributed by atoms with E-state index in [0.29, 0.717) is 0 Å². The van der Waals surface area contributed by atoms with E-state index in [-0.39, 0.29) is 51.4 Å². The molecule has 0 aliphatic carbocycles. The van der Waals surface area contributed by atoms with Crippen LogP contribution in [0.1, 0.15) is 12.8 Å². The molecule has 0 saturated heterocycles. The van der Waals surface area contributed by atoms with Crippen LogP contribution < -0.4 is 0 Å². The molecule has 0 rings (SSSR count). The molecule has 1 N–H and O–H groups in total. The second kappa shape index (κ2) is 5.94. The van der Waals surface area contributed by atoms with Crippen molar-refractivity contribution in [1.82, 2.24) is 0 Å². The van der Waals surface area contributed by atoms with Gasteiger partial charge in [-0.25, -0.2) is 0 Å². The fourth-order valence-corrected chi connectivity index (χ4v) is 0.964.